The standard InChI is InChI=1S/C9H13IO2Si/c1-11-8-5-4-7(10)6-9(8)12-13(2)3/h4-6,13H,1-3H3. The smallest absolute Gasteiger partial charge is 0.229 e. The summed E-state index contributed by atoms with van der Waals surface area (Å²) in [5.41, 5.74) is 0. The van der Waals surface area contributed by atoms with Gasteiger partial charge >= 0.3 is 0 Å². The fraction of sp³-hybridized carbons (Fsp3) is 0.333. The average molecular weight is 308 g/mol. The largest absolute Gasteiger partial charge is 0.544 e. The Kier molecular flexibility index (Phi) is 4.05. The third kappa shape index (κ3) is 3.19. The number of benzene rings is 1. The van der Waals surface area contributed by atoms with Gasteiger partial charge < -0.3 is 9.16 Å². The molecule has 0 aliphatic rings. The molecule has 0 radical (unpaired) electrons. The van der Waals surface area contributed by atoms with Crippen LogP contribution >= 0.6 is 22.6 Å². The molecule has 0 spiro atoms. The molecule has 0 saturated heterocycles. The van der Waals surface area contributed by atoms with Crippen molar-refractivity contribution in [1.29, 1.82) is 0 Å². The van der Waals surface area contributed by atoms with Crippen LogP contribution in [0.4, 0.5) is 0 Å². The predicted molar refractivity (Wildman–Crippen MR) is 65.2 cm³/mol. The van der Waals surface area contributed by atoms with Crippen LogP contribution in [-0.2, 0) is 0 Å². The second-order valence-corrected chi connectivity index (χ2v) is 6.54. The van der Waals surface area contributed by atoms with Crippen LogP contribution in [0.25, 0.3) is 0 Å². The third-order valence-electron chi connectivity index (χ3n) is 1.49. The zero-order chi connectivity index (χ0) is 9.84. The topological polar surface area (TPSA) is 18.5 Å². The third-order valence-corrected chi connectivity index (χ3v) is 2.88. The lowest BCUT2D eigenvalue weighted by Crippen LogP contribution is -2.11. The van der Waals surface area contributed by atoms with Gasteiger partial charge in [0.2, 0.25) is 9.04 Å². The molecule has 0 aromatic heterocycles. The highest BCUT2D eigenvalue weighted by Crippen LogP contribution is 2.28. The van der Waals surface area contributed by atoms with Gasteiger partial charge in [-0.15, -0.1) is 0 Å². The first-order valence-corrected chi connectivity index (χ1v) is 7.99. The monoisotopic (exact) mass is 308 g/mol. The molecule has 13 heavy (non-hydrogen) atoms. The minimum Gasteiger partial charge on any atom is -0.544 e. The molecule has 72 valence electrons. The molecular weight excluding hydrogens is 295 g/mol. The fourth-order valence-corrected chi connectivity index (χ4v) is 2.15. The Hall–Kier alpha value is -0.233. The zero-order valence-corrected chi connectivity index (χ0v) is 11.3. The van der Waals surface area contributed by atoms with E-state index < -0.39 is 9.04 Å². The first-order chi connectivity index (χ1) is 6.13. The van der Waals surface area contributed by atoms with Crippen LogP contribution in [-0.4, -0.2) is 16.2 Å². The molecule has 4 heteroatoms. The van der Waals surface area contributed by atoms with E-state index in [1.54, 1.807) is 7.11 Å². The molecule has 1 aromatic rings. The van der Waals surface area contributed by atoms with Crippen LogP contribution in [0.1, 0.15) is 0 Å². The number of hydrogen-bond donors (Lipinski definition) is 0. The van der Waals surface area contributed by atoms with E-state index in [0.29, 0.717) is 0 Å². The minimum absolute atomic E-state index is 0.821. The van der Waals surface area contributed by atoms with Crippen molar-refractivity contribution < 1.29 is 9.16 Å². The van der Waals surface area contributed by atoms with Gasteiger partial charge in [0.05, 0.1) is 7.11 Å². The summed E-state index contributed by atoms with van der Waals surface area (Å²) in [5, 5.41) is 0. The van der Waals surface area contributed by atoms with Crippen LogP contribution in [0.15, 0.2) is 18.2 Å². The number of hydrogen-bond acceptors (Lipinski definition) is 2. The molecule has 0 atom stereocenters. The highest BCUT2D eigenvalue weighted by atomic mass is 127. The maximum Gasteiger partial charge on any atom is 0.229 e. The van der Waals surface area contributed by atoms with E-state index in [1.165, 1.54) is 3.57 Å². The minimum atomic E-state index is -1.04. The number of methoxy groups -OCH3 is 1. The van der Waals surface area contributed by atoms with Crippen molar-refractivity contribution in [3.05, 3.63) is 21.8 Å². The molecule has 0 heterocycles. The first-order valence-electron chi connectivity index (χ1n) is 4.13. The molecule has 0 saturated carbocycles. The van der Waals surface area contributed by atoms with Crippen molar-refractivity contribution in [1.82, 2.24) is 0 Å². The lowest BCUT2D eigenvalue weighted by Gasteiger charge is -2.13. The Bertz CT molecular complexity index is 289. The van der Waals surface area contributed by atoms with Gasteiger partial charge in [-0.3, -0.25) is 0 Å². The second-order valence-electron chi connectivity index (χ2n) is 2.96. The van der Waals surface area contributed by atoms with Crippen molar-refractivity contribution in [2.75, 3.05) is 7.11 Å². The summed E-state index contributed by atoms with van der Waals surface area (Å²) in [6, 6.07) is 5.95. The van der Waals surface area contributed by atoms with E-state index in [4.69, 9.17) is 9.16 Å². The molecule has 0 aliphatic carbocycles. The SMILES string of the molecule is COc1ccc(I)cc1O[SiH](C)C. The van der Waals surface area contributed by atoms with Crippen LogP contribution in [0.2, 0.25) is 13.1 Å². The number of halogens is 1. The molecule has 0 unspecified atom stereocenters. The Morgan fingerprint density at radius 1 is 1.23 bits per heavy atom. The maximum absolute atomic E-state index is 5.73. The van der Waals surface area contributed by atoms with Crippen molar-refractivity contribution in [2.45, 2.75) is 13.1 Å². The van der Waals surface area contributed by atoms with Gasteiger partial charge in [0.25, 0.3) is 0 Å². The summed E-state index contributed by atoms with van der Waals surface area (Å²) in [7, 11) is 0.621. The molecule has 1 aromatic carbocycles. The van der Waals surface area contributed by atoms with Crippen molar-refractivity contribution in [3.63, 3.8) is 0 Å². The lowest BCUT2D eigenvalue weighted by molar-refractivity contribution is 0.394. The second kappa shape index (κ2) is 4.85. The van der Waals surface area contributed by atoms with Crippen molar-refractivity contribution in [2.24, 2.45) is 0 Å². The number of rotatable bonds is 3. The summed E-state index contributed by atoms with van der Waals surface area (Å²) < 4.78 is 12.1. The lowest BCUT2D eigenvalue weighted by atomic mass is 10.3. The Balaban J connectivity index is 2.94. The Labute approximate surface area is 94.1 Å². The van der Waals surface area contributed by atoms with E-state index in [9.17, 15) is 0 Å². The van der Waals surface area contributed by atoms with Crippen LogP contribution in [0.3, 0.4) is 0 Å². The maximum atomic E-state index is 5.73. The van der Waals surface area contributed by atoms with E-state index in [1.807, 2.05) is 18.2 Å². The van der Waals surface area contributed by atoms with Crippen molar-refractivity contribution in [3.8, 4) is 11.5 Å². The Morgan fingerprint density at radius 2 is 1.92 bits per heavy atom. The van der Waals surface area contributed by atoms with Crippen LogP contribution < -0.4 is 9.16 Å². The molecule has 0 N–H and O–H groups in total. The highest BCUT2D eigenvalue weighted by molar-refractivity contribution is 14.1. The van der Waals surface area contributed by atoms with E-state index in [0.717, 1.165) is 11.5 Å². The zero-order valence-electron chi connectivity index (χ0n) is 8.00. The quantitative estimate of drug-likeness (QED) is 0.631. The van der Waals surface area contributed by atoms with Gasteiger partial charge in [-0.05, 0) is 53.9 Å². The summed E-state index contributed by atoms with van der Waals surface area (Å²) in [4.78, 5) is 0. The molecule has 1 rings (SSSR count). The van der Waals surface area contributed by atoms with E-state index in [-0.39, 0.29) is 0 Å². The molecule has 0 bridgehead atoms. The summed E-state index contributed by atoms with van der Waals surface area (Å²) in [6.45, 7) is 4.28. The van der Waals surface area contributed by atoms with E-state index >= 15 is 0 Å². The fourth-order valence-electron chi connectivity index (χ4n) is 0.997. The van der Waals surface area contributed by atoms with Gasteiger partial charge in [-0.1, -0.05) is 0 Å². The van der Waals surface area contributed by atoms with Crippen LogP contribution in [0, 0.1) is 3.57 Å². The van der Waals surface area contributed by atoms with Gasteiger partial charge in [0, 0.05) is 3.57 Å². The molecule has 0 aliphatic heterocycles. The summed E-state index contributed by atoms with van der Waals surface area (Å²) >= 11 is 2.27. The normalized spacial score (nSPS) is 10.2. The van der Waals surface area contributed by atoms with Gasteiger partial charge in [0.1, 0.15) is 5.75 Å². The summed E-state index contributed by atoms with van der Waals surface area (Å²) in [6.07, 6.45) is 0. The predicted octanol–water partition coefficient (Wildman–Crippen LogP) is 2.66. The molecule has 2 nitrogen and oxygen atoms in total. The number of ether oxygens (including phenoxy) is 1. The first kappa shape index (κ1) is 10.8. The van der Waals surface area contributed by atoms with Gasteiger partial charge in [0.15, 0.2) is 5.75 Å². The molecule has 0 amide bonds. The molecular formula is C9H13IO2Si. The summed E-state index contributed by atoms with van der Waals surface area (Å²) in [5.74, 6) is 1.69. The van der Waals surface area contributed by atoms with Crippen molar-refractivity contribution >= 4 is 31.6 Å². The van der Waals surface area contributed by atoms with Gasteiger partial charge in [-0.2, -0.15) is 0 Å². The molecule has 0 fully saturated rings. The highest BCUT2D eigenvalue weighted by Gasteiger charge is 2.06. The Morgan fingerprint density at radius 3 is 2.46 bits per heavy atom. The van der Waals surface area contributed by atoms with Crippen LogP contribution in [0.5, 0.6) is 11.5 Å². The van der Waals surface area contributed by atoms with E-state index in [2.05, 4.69) is 35.7 Å². The van der Waals surface area contributed by atoms with Gasteiger partial charge in [-0.25, -0.2) is 0 Å². The average Bonchev–Trinajstić information content (AvgIpc) is 2.03.